The molecule has 0 aliphatic heterocycles. The number of carbonyl (C=O) groups excluding carboxylic acids is 2. The Kier molecular flexibility index (Phi) is 7.09. The Morgan fingerprint density at radius 3 is 2.52 bits per heavy atom. The van der Waals surface area contributed by atoms with Gasteiger partial charge in [-0.3, -0.25) is 4.79 Å². The van der Waals surface area contributed by atoms with Crippen molar-refractivity contribution < 1.29 is 14.3 Å². The van der Waals surface area contributed by atoms with Crippen molar-refractivity contribution in [1.29, 1.82) is 0 Å². The number of urea groups is 1. The molecule has 25 heavy (non-hydrogen) atoms. The molecule has 0 unspecified atom stereocenters. The van der Waals surface area contributed by atoms with Crippen molar-refractivity contribution in [1.82, 2.24) is 4.90 Å². The molecule has 0 aliphatic rings. The lowest BCUT2D eigenvalue weighted by Crippen LogP contribution is -2.34. The zero-order chi connectivity index (χ0) is 18.2. The fourth-order valence-electron chi connectivity index (χ4n) is 2.06. The molecule has 8 heteroatoms. The highest BCUT2D eigenvalue weighted by atomic mass is 35.5. The highest BCUT2D eigenvalue weighted by Gasteiger charge is 2.13. The van der Waals surface area contributed by atoms with E-state index in [4.69, 9.17) is 22.1 Å². The fraction of sp³-hybridized carbons (Fsp3) is 0.294. The molecule has 1 aromatic heterocycles. The number of rotatable bonds is 8. The average molecular weight is 382 g/mol. The number of halogens is 1. The van der Waals surface area contributed by atoms with Crippen LogP contribution in [-0.2, 0) is 11.3 Å². The van der Waals surface area contributed by atoms with Gasteiger partial charge in [0.2, 0.25) is 5.91 Å². The first-order valence-corrected chi connectivity index (χ1v) is 8.98. The predicted octanol–water partition coefficient (Wildman–Crippen LogP) is 3.71. The molecular weight excluding hydrogens is 362 g/mol. The van der Waals surface area contributed by atoms with E-state index >= 15 is 0 Å². The first-order valence-electron chi connectivity index (χ1n) is 7.79. The summed E-state index contributed by atoms with van der Waals surface area (Å²) in [5.41, 5.74) is 5.72. The third kappa shape index (κ3) is 6.28. The lowest BCUT2D eigenvalue weighted by Gasteiger charge is -2.20. The van der Waals surface area contributed by atoms with Crippen LogP contribution in [0.25, 0.3) is 0 Å². The number of benzene rings is 1. The molecule has 0 atom stereocenters. The number of nitrogens with zero attached hydrogens (tertiary/aromatic N) is 1. The monoisotopic (exact) mass is 381 g/mol. The maximum absolute atomic E-state index is 12.4. The Hall–Kier alpha value is -2.25. The first-order chi connectivity index (χ1) is 12.0. The number of ether oxygens (including phenoxy) is 1. The molecule has 3 N–H and O–H groups in total. The molecule has 1 heterocycles. The van der Waals surface area contributed by atoms with Gasteiger partial charge in [0.1, 0.15) is 5.75 Å². The van der Waals surface area contributed by atoms with Gasteiger partial charge in [0.25, 0.3) is 0 Å². The fourth-order valence-corrected chi connectivity index (χ4v) is 3.16. The van der Waals surface area contributed by atoms with Crippen LogP contribution in [0.5, 0.6) is 5.75 Å². The Bertz CT molecular complexity index is 718. The van der Waals surface area contributed by atoms with Gasteiger partial charge in [-0.25, -0.2) is 4.79 Å². The molecule has 0 spiro atoms. The van der Waals surface area contributed by atoms with E-state index in [1.54, 1.807) is 29.2 Å². The normalized spacial score (nSPS) is 10.3. The number of nitrogens with two attached hydrogens (primary N) is 1. The molecule has 0 saturated heterocycles. The number of hydrogen-bond donors (Lipinski definition) is 2. The molecule has 0 saturated carbocycles. The highest BCUT2D eigenvalue weighted by Crippen LogP contribution is 2.23. The van der Waals surface area contributed by atoms with Gasteiger partial charge in [0, 0.05) is 17.1 Å². The van der Waals surface area contributed by atoms with Crippen molar-refractivity contribution in [2.45, 2.75) is 19.9 Å². The van der Waals surface area contributed by atoms with Crippen LogP contribution in [0.3, 0.4) is 0 Å². The summed E-state index contributed by atoms with van der Waals surface area (Å²) >= 11 is 7.39. The molecule has 6 nitrogen and oxygen atoms in total. The molecule has 2 rings (SSSR count). The molecule has 2 aromatic rings. The van der Waals surface area contributed by atoms with Crippen LogP contribution >= 0.6 is 22.9 Å². The van der Waals surface area contributed by atoms with Gasteiger partial charge in [0.15, 0.2) is 0 Å². The van der Waals surface area contributed by atoms with E-state index in [2.05, 4.69) is 5.32 Å². The van der Waals surface area contributed by atoms with Crippen LogP contribution in [0.15, 0.2) is 36.4 Å². The predicted molar refractivity (Wildman–Crippen MR) is 100 cm³/mol. The van der Waals surface area contributed by atoms with Crippen molar-refractivity contribution in [3.63, 3.8) is 0 Å². The third-order valence-corrected chi connectivity index (χ3v) is 4.58. The number of hydrogen-bond acceptors (Lipinski definition) is 4. The second kappa shape index (κ2) is 9.29. The van der Waals surface area contributed by atoms with E-state index in [0.717, 1.165) is 4.88 Å². The number of primary amides is 1. The molecule has 134 valence electrons. The molecule has 0 fully saturated rings. The molecule has 0 bridgehead atoms. The Labute approximate surface area is 155 Å². The minimum absolute atomic E-state index is 0.163. The Morgan fingerprint density at radius 2 is 1.96 bits per heavy atom. The summed E-state index contributed by atoms with van der Waals surface area (Å²) in [5.74, 6) is 0.204. The third-order valence-electron chi connectivity index (χ3n) is 3.37. The number of nitrogens with one attached hydrogen (secondary N) is 1. The van der Waals surface area contributed by atoms with Crippen molar-refractivity contribution in [3.8, 4) is 5.75 Å². The highest BCUT2D eigenvalue weighted by molar-refractivity contribution is 7.16. The summed E-state index contributed by atoms with van der Waals surface area (Å²) in [6.07, 6.45) is 0.163. The summed E-state index contributed by atoms with van der Waals surface area (Å²) in [6, 6.07) is 10.5. The maximum Gasteiger partial charge on any atom is 0.322 e. The van der Waals surface area contributed by atoms with E-state index in [1.165, 1.54) is 11.3 Å². The maximum atomic E-state index is 12.4. The number of amides is 3. The van der Waals surface area contributed by atoms with Crippen LogP contribution in [0.2, 0.25) is 4.34 Å². The van der Waals surface area contributed by atoms with E-state index in [-0.39, 0.29) is 19.1 Å². The first kappa shape index (κ1) is 19.1. The van der Waals surface area contributed by atoms with E-state index in [9.17, 15) is 9.59 Å². The summed E-state index contributed by atoms with van der Waals surface area (Å²) < 4.78 is 6.10. The second-order valence-electron chi connectivity index (χ2n) is 5.24. The quantitative estimate of drug-likeness (QED) is 0.730. The lowest BCUT2D eigenvalue weighted by atomic mass is 10.3. The Balaban J connectivity index is 1.88. The lowest BCUT2D eigenvalue weighted by molar-refractivity contribution is -0.118. The molecule has 3 amide bonds. The molecule has 0 radical (unpaired) electrons. The van der Waals surface area contributed by atoms with Crippen LogP contribution in [-0.4, -0.2) is 30.0 Å². The van der Waals surface area contributed by atoms with Gasteiger partial charge in [0.05, 0.1) is 23.9 Å². The van der Waals surface area contributed by atoms with Crippen molar-refractivity contribution in [2.75, 3.05) is 18.5 Å². The summed E-state index contributed by atoms with van der Waals surface area (Å²) in [4.78, 5) is 25.8. The summed E-state index contributed by atoms with van der Waals surface area (Å²) in [5, 5.41) is 2.85. The van der Waals surface area contributed by atoms with E-state index < -0.39 is 5.91 Å². The minimum atomic E-state index is -0.407. The number of carbonyl (C=O) groups is 2. The van der Waals surface area contributed by atoms with Gasteiger partial charge in [-0.15, -0.1) is 11.3 Å². The SMILES string of the molecule is CCN(Cc1ccc(Cl)s1)C(=O)Nc1ccc(OCCC(N)=O)cc1. The van der Waals surface area contributed by atoms with Crippen LogP contribution in [0.1, 0.15) is 18.2 Å². The minimum Gasteiger partial charge on any atom is -0.493 e. The smallest absolute Gasteiger partial charge is 0.322 e. The molecule has 1 aromatic carbocycles. The number of thiophene rings is 1. The van der Waals surface area contributed by atoms with Crippen molar-refractivity contribution in [3.05, 3.63) is 45.6 Å². The van der Waals surface area contributed by atoms with Gasteiger partial charge >= 0.3 is 6.03 Å². The topological polar surface area (TPSA) is 84.7 Å². The summed E-state index contributed by atoms with van der Waals surface area (Å²) in [6.45, 7) is 3.24. The number of anilines is 1. The van der Waals surface area contributed by atoms with Crippen LogP contribution < -0.4 is 15.8 Å². The van der Waals surface area contributed by atoms with Crippen LogP contribution in [0, 0.1) is 0 Å². The Morgan fingerprint density at radius 1 is 1.24 bits per heavy atom. The standard InChI is InChI=1S/C17H20ClN3O3S/c1-2-21(11-14-7-8-15(18)25-14)17(23)20-12-3-5-13(6-4-12)24-10-9-16(19)22/h3-8H,2,9-11H2,1H3,(H2,19,22)(H,20,23). The van der Waals surface area contributed by atoms with Gasteiger partial charge in [-0.1, -0.05) is 11.6 Å². The largest absolute Gasteiger partial charge is 0.493 e. The molecule has 0 aliphatic carbocycles. The average Bonchev–Trinajstić information content (AvgIpc) is 2.99. The van der Waals surface area contributed by atoms with E-state index in [1.807, 2.05) is 19.1 Å². The van der Waals surface area contributed by atoms with Crippen molar-refractivity contribution >= 4 is 40.6 Å². The van der Waals surface area contributed by atoms with Gasteiger partial charge in [-0.05, 0) is 43.3 Å². The van der Waals surface area contributed by atoms with Gasteiger partial charge in [-0.2, -0.15) is 0 Å². The summed E-state index contributed by atoms with van der Waals surface area (Å²) in [7, 11) is 0. The zero-order valence-electron chi connectivity index (χ0n) is 13.8. The second-order valence-corrected chi connectivity index (χ2v) is 7.04. The van der Waals surface area contributed by atoms with E-state index in [0.29, 0.717) is 28.9 Å². The van der Waals surface area contributed by atoms with Crippen molar-refractivity contribution in [2.24, 2.45) is 5.73 Å². The van der Waals surface area contributed by atoms with Gasteiger partial charge < -0.3 is 20.7 Å². The molecular formula is C17H20ClN3O3S. The zero-order valence-corrected chi connectivity index (χ0v) is 15.4. The van der Waals surface area contributed by atoms with Crippen LogP contribution in [0.4, 0.5) is 10.5 Å².